The molecule has 3 heteroatoms. The van der Waals surface area contributed by atoms with Crippen LogP contribution in [0.2, 0.25) is 5.02 Å². The van der Waals surface area contributed by atoms with E-state index in [1.54, 1.807) is 19.2 Å². The van der Waals surface area contributed by atoms with Gasteiger partial charge in [0.05, 0.1) is 7.11 Å². The molecule has 2 aromatic carbocycles. The van der Waals surface area contributed by atoms with Crippen LogP contribution in [0.4, 0.5) is 0 Å². The second-order valence-corrected chi connectivity index (χ2v) is 4.75. The Morgan fingerprint density at radius 3 is 2.65 bits per heavy atom. The van der Waals surface area contributed by atoms with Gasteiger partial charge in [0.1, 0.15) is 5.75 Å². The van der Waals surface area contributed by atoms with Crippen molar-refractivity contribution < 1.29 is 9.53 Å². The van der Waals surface area contributed by atoms with Crippen molar-refractivity contribution in [2.75, 3.05) is 7.11 Å². The van der Waals surface area contributed by atoms with Gasteiger partial charge in [0.2, 0.25) is 0 Å². The Hall–Kier alpha value is -2.06. The van der Waals surface area contributed by atoms with E-state index in [1.807, 2.05) is 48.6 Å². The van der Waals surface area contributed by atoms with Crippen LogP contribution < -0.4 is 4.74 Å². The summed E-state index contributed by atoms with van der Waals surface area (Å²) in [6, 6.07) is 14.6. The largest absolute Gasteiger partial charge is 0.497 e. The number of rotatable bonds is 5. The summed E-state index contributed by atoms with van der Waals surface area (Å²) >= 11 is 5.81. The van der Waals surface area contributed by atoms with E-state index in [0.29, 0.717) is 22.8 Å². The second kappa shape index (κ2) is 6.92. The van der Waals surface area contributed by atoms with Crippen molar-refractivity contribution in [2.24, 2.45) is 0 Å². The number of Topliss-reactive ketones (excluding diaryl/α,β-unsaturated/α-hetero) is 1. The lowest BCUT2D eigenvalue weighted by atomic mass is 10.1. The Kier molecular flexibility index (Phi) is 4.97. The van der Waals surface area contributed by atoms with Crippen LogP contribution >= 0.6 is 11.6 Å². The Balaban J connectivity index is 1.99. The van der Waals surface area contributed by atoms with Gasteiger partial charge in [-0.05, 0) is 29.8 Å². The van der Waals surface area contributed by atoms with Crippen molar-refractivity contribution in [1.82, 2.24) is 0 Å². The highest BCUT2D eigenvalue weighted by Crippen LogP contribution is 2.15. The minimum Gasteiger partial charge on any atom is -0.497 e. The van der Waals surface area contributed by atoms with E-state index in [1.165, 1.54) is 0 Å². The van der Waals surface area contributed by atoms with Crippen LogP contribution in [0.3, 0.4) is 0 Å². The van der Waals surface area contributed by atoms with Gasteiger partial charge in [0.25, 0.3) is 0 Å². The predicted molar refractivity (Wildman–Crippen MR) is 82.4 cm³/mol. The summed E-state index contributed by atoms with van der Waals surface area (Å²) in [5, 5.41) is 0.703. The summed E-state index contributed by atoms with van der Waals surface area (Å²) in [4.78, 5) is 12.0. The van der Waals surface area contributed by atoms with E-state index >= 15 is 0 Å². The van der Waals surface area contributed by atoms with Crippen LogP contribution in [0.1, 0.15) is 22.3 Å². The Morgan fingerprint density at radius 2 is 1.95 bits per heavy atom. The summed E-state index contributed by atoms with van der Waals surface area (Å²) in [6.07, 6.45) is 4.12. The third-order valence-electron chi connectivity index (χ3n) is 2.88. The van der Waals surface area contributed by atoms with E-state index < -0.39 is 0 Å². The first-order chi connectivity index (χ1) is 9.69. The number of ketones is 1. The molecule has 20 heavy (non-hydrogen) atoms. The number of allylic oxidation sites excluding steroid dienone is 1. The maximum absolute atomic E-state index is 12.0. The number of hydrogen-bond acceptors (Lipinski definition) is 2. The lowest BCUT2D eigenvalue weighted by Gasteiger charge is -2.02. The molecule has 0 radical (unpaired) electrons. The molecule has 102 valence electrons. The highest BCUT2D eigenvalue weighted by molar-refractivity contribution is 6.30. The first-order valence-electron chi connectivity index (χ1n) is 6.28. The minimum atomic E-state index is 0.0640. The SMILES string of the molecule is COc1cccc(C(=O)C/C=C/c2ccc(Cl)cc2)c1. The van der Waals surface area contributed by atoms with E-state index in [-0.39, 0.29) is 5.78 Å². The number of halogens is 1. The molecule has 0 amide bonds. The van der Waals surface area contributed by atoms with E-state index in [0.717, 1.165) is 5.56 Å². The molecule has 0 fully saturated rings. The maximum atomic E-state index is 12.0. The predicted octanol–water partition coefficient (Wildman–Crippen LogP) is 4.63. The third kappa shape index (κ3) is 3.97. The van der Waals surface area contributed by atoms with Gasteiger partial charge < -0.3 is 4.74 Å². The molecule has 0 unspecified atom stereocenters. The number of carbonyl (C=O) groups is 1. The second-order valence-electron chi connectivity index (χ2n) is 4.31. The van der Waals surface area contributed by atoms with Crippen LogP contribution in [-0.4, -0.2) is 12.9 Å². The number of carbonyl (C=O) groups excluding carboxylic acids is 1. The standard InChI is InChI=1S/C17H15ClO2/c1-20-16-6-3-5-14(12-16)17(19)7-2-4-13-8-10-15(18)11-9-13/h2-6,8-12H,7H2,1H3/b4-2+. The number of hydrogen-bond donors (Lipinski definition) is 0. The molecule has 2 rings (SSSR count). The molecule has 0 aliphatic rings. The summed E-state index contributed by atoms with van der Waals surface area (Å²) in [5.41, 5.74) is 1.68. The van der Waals surface area contributed by atoms with Crippen LogP contribution in [0.25, 0.3) is 6.08 Å². The van der Waals surface area contributed by atoms with Crippen LogP contribution in [0.5, 0.6) is 5.75 Å². The first-order valence-corrected chi connectivity index (χ1v) is 6.66. The third-order valence-corrected chi connectivity index (χ3v) is 3.13. The van der Waals surface area contributed by atoms with Gasteiger partial charge >= 0.3 is 0 Å². The number of methoxy groups -OCH3 is 1. The van der Waals surface area contributed by atoms with Gasteiger partial charge in [-0.3, -0.25) is 4.79 Å². The lowest BCUT2D eigenvalue weighted by molar-refractivity contribution is 0.0995. The quantitative estimate of drug-likeness (QED) is 0.749. The van der Waals surface area contributed by atoms with Gasteiger partial charge in [-0.2, -0.15) is 0 Å². The molecule has 0 spiro atoms. The summed E-state index contributed by atoms with van der Waals surface area (Å²) < 4.78 is 5.11. The summed E-state index contributed by atoms with van der Waals surface area (Å²) in [5.74, 6) is 0.756. The molecule has 0 saturated heterocycles. The fourth-order valence-electron chi connectivity index (χ4n) is 1.79. The number of ether oxygens (including phenoxy) is 1. The van der Waals surface area contributed by atoms with Crippen LogP contribution in [-0.2, 0) is 0 Å². The fourth-order valence-corrected chi connectivity index (χ4v) is 1.92. The maximum Gasteiger partial charge on any atom is 0.166 e. The van der Waals surface area contributed by atoms with Crippen LogP contribution in [0.15, 0.2) is 54.6 Å². The average Bonchev–Trinajstić information content (AvgIpc) is 2.49. The Bertz CT molecular complexity index is 615. The lowest BCUT2D eigenvalue weighted by Crippen LogP contribution is -1.97. The smallest absolute Gasteiger partial charge is 0.166 e. The van der Waals surface area contributed by atoms with E-state index in [9.17, 15) is 4.79 Å². The molecule has 0 aliphatic carbocycles. The molecule has 0 N–H and O–H groups in total. The van der Waals surface area contributed by atoms with Crippen molar-refractivity contribution in [1.29, 1.82) is 0 Å². The average molecular weight is 287 g/mol. The van der Waals surface area contributed by atoms with E-state index in [2.05, 4.69) is 0 Å². The summed E-state index contributed by atoms with van der Waals surface area (Å²) in [7, 11) is 1.59. The molecule has 0 atom stereocenters. The monoisotopic (exact) mass is 286 g/mol. The Labute approximate surface area is 123 Å². The van der Waals surface area contributed by atoms with Crippen molar-refractivity contribution in [3.8, 4) is 5.75 Å². The minimum absolute atomic E-state index is 0.0640. The zero-order valence-electron chi connectivity index (χ0n) is 11.2. The summed E-state index contributed by atoms with van der Waals surface area (Å²) in [6.45, 7) is 0. The molecule has 0 heterocycles. The zero-order valence-corrected chi connectivity index (χ0v) is 11.9. The van der Waals surface area contributed by atoms with Gasteiger partial charge in [0.15, 0.2) is 5.78 Å². The normalized spacial score (nSPS) is 10.7. The highest BCUT2D eigenvalue weighted by Gasteiger charge is 2.04. The molecule has 2 aromatic rings. The van der Waals surface area contributed by atoms with E-state index in [4.69, 9.17) is 16.3 Å². The van der Waals surface area contributed by atoms with Gasteiger partial charge in [-0.15, -0.1) is 0 Å². The van der Waals surface area contributed by atoms with Crippen molar-refractivity contribution >= 4 is 23.5 Å². The first kappa shape index (κ1) is 14.4. The Morgan fingerprint density at radius 1 is 1.20 bits per heavy atom. The molecular formula is C17H15ClO2. The molecule has 0 aliphatic heterocycles. The zero-order chi connectivity index (χ0) is 14.4. The van der Waals surface area contributed by atoms with Gasteiger partial charge in [-0.25, -0.2) is 0 Å². The molecule has 0 aromatic heterocycles. The van der Waals surface area contributed by atoms with Gasteiger partial charge in [0, 0.05) is 17.0 Å². The van der Waals surface area contributed by atoms with Crippen LogP contribution in [0, 0.1) is 0 Å². The van der Waals surface area contributed by atoms with Gasteiger partial charge in [-0.1, -0.05) is 48.0 Å². The van der Waals surface area contributed by atoms with Crippen molar-refractivity contribution in [3.05, 3.63) is 70.8 Å². The number of benzene rings is 2. The van der Waals surface area contributed by atoms with Crippen molar-refractivity contribution in [3.63, 3.8) is 0 Å². The molecular weight excluding hydrogens is 272 g/mol. The topological polar surface area (TPSA) is 26.3 Å². The molecule has 0 saturated carbocycles. The molecule has 2 nitrogen and oxygen atoms in total. The fraction of sp³-hybridized carbons (Fsp3) is 0.118. The molecule has 0 bridgehead atoms. The highest BCUT2D eigenvalue weighted by atomic mass is 35.5. The van der Waals surface area contributed by atoms with Crippen molar-refractivity contribution in [2.45, 2.75) is 6.42 Å².